The standard InChI is InChI=1S/C22H30N2O/c1-16(23-3)22(9-6-12-25)24-15-20-14-19(10-11-21(20)17(24)2)13-18-7-4-5-8-18/h10-12,14,18,22-23H,1-2,4-9,13,15H2,3H3. The van der Waals surface area contributed by atoms with Gasteiger partial charge in [-0.25, -0.2) is 0 Å². The lowest BCUT2D eigenvalue weighted by molar-refractivity contribution is -0.108. The molecule has 1 N–H and O–H groups in total. The maximum absolute atomic E-state index is 10.9. The van der Waals surface area contributed by atoms with Crippen molar-refractivity contribution < 1.29 is 4.79 Å². The Bertz CT molecular complexity index is 658. The molecule has 0 saturated heterocycles. The molecule has 1 aliphatic carbocycles. The predicted octanol–water partition coefficient (Wildman–Crippen LogP) is 4.29. The van der Waals surface area contributed by atoms with Gasteiger partial charge in [-0.2, -0.15) is 0 Å². The third kappa shape index (κ3) is 3.81. The monoisotopic (exact) mass is 338 g/mol. The summed E-state index contributed by atoms with van der Waals surface area (Å²) in [5.41, 5.74) is 6.06. The van der Waals surface area contributed by atoms with Crippen LogP contribution in [0, 0.1) is 5.92 Å². The first-order valence-electron chi connectivity index (χ1n) is 9.52. The third-order valence-electron chi connectivity index (χ3n) is 5.82. The Morgan fingerprint density at radius 1 is 1.40 bits per heavy atom. The van der Waals surface area contributed by atoms with E-state index < -0.39 is 0 Å². The van der Waals surface area contributed by atoms with Crippen molar-refractivity contribution in [1.82, 2.24) is 10.2 Å². The van der Waals surface area contributed by atoms with Crippen LogP contribution in [0.2, 0.25) is 0 Å². The summed E-state index contributed by atoms with van der Waals surface area (Å²) in [5, 5.41) is 3.16. The smallest absolute Gasteiger partial charge is 0.120 e. The normalized spacial score (nSPS) is 18.3. The van der Waals surface area contributed by atoms with Gasteiger partial charge in [-0.05, 0) is 29.9 Å². The zero-order chi connectivity index (χ0) is 17.8. The zero-order valence-corrected chi connectivity index (χ0v) is 15.4. The van der Waals surface area contributed by atoms with Crippen molar-refractivity contribution in [3.63, 3.8) is 0 Å². The van der Waals surface area contributed by atoms with Gasteiger partial charge in [0.05, 0.1) is 6.04 Å². The second-order valence-corrected chi connectivity index (χ2v) is 7.46. The van der Waals surface area contributed by atoms with Crippen molar-refractivity contribution in [2.24, 2.45) is 5.92 Å². The average molecular weight is 338 g/mol. The van der Waals surface area contributed by atoms with E-state index in [0.29, 0.717) is 6.42 Å². The molecule has 1 aromatic rings. The number of nitrogens with one attached hydrogen (secondary N) is 1. The molecule has 1 aliphatic heterocycles. The first kappa shape index (κ1) is 17.8. The van der Waals surface area contributed by atoms with E-state index >= 15 is 0 Å². The molecule has 0 bridgehead atoms. The molecule has 3 rings (SSSR count). The van der Waals surface area contributed by atoms with Gasteiger partial charge in [0.15, 0.2) is 0 Å². The molecular weight excluding hydrogens is 308 g/mol. The minimum absolute atomic E-state index is 0.105. The Hall–Kier alpha value is -2.03. The van der Waals surface area contributed by atoms with Gasteiger partial charge >= 0.3 is 0 Å². The van der Waals surface area contributed by atoms with E-state index in [4.69, 9.17) is 0 Å². The van der Waals surface area contributed by atoms with Gasteiger partial charge < -0.3 is 15.0 Å². The van der Waals surface area contributed by atoms with Crippen molar-refractivity contribution in [1.29, 1.82) is 0 Å². The Morgan fingerprint density at radius 2 is 2.16 bits per heavy atom. The number of carbonyl (C=O) groups is 1. The summed E-state index contributed by atoms with van der Waals surface area (Å²) in [6.07, 6.45) is 9.05. The third-order valence-corrected chi connectivity index (χ3v) is 5.82. The first-order chi connectivity index (χ1) is 12.1. The van der Waals surface area contributed by atoms with Gasteiger partial charge in [-0.3, -0.25) is 0 Å². The lowest BCUT2D eigenvalue weighted by Crippen LogP contribution is -2.35. The fourth-order valence-corrected chi connectivity index (χ4v) is 4.38. The number of hydrogen-bond acceptors (Lipinski definition) is 3. The van der Waals surface area contributed by atoms with Crippen LogP contribution < -0.4 is 5.32 Å². The molecule has 25 heavy (non-hydrogen) atoms. The predicted molar refractivity (Wildman–Crippen MR) is 104 cm³/mol. The van der Waals surface area contributed by atoms with E-state index in [9.17, 15) is 4.79 Å². The summed E-state index contributed by atoms with van der Waals surface area (Å²) in [4.78, 5) is 13.2. The largest absolute Gasteiger partial charge is 0.390 e. The first-order valence-corrected chi connectivity index (χ1v) is 9.52. The highest BCUT2D eigenvalue weighted by Crippen LogP contribution is 2.37. The topological polar surface area (TPSA) is 32.3 Å². The van der Waals surface area contributed by atoms with Crippen LogP contribution in [0.1, 0.15) is 55.2 Å². The van der Waals surface area contributed by atoms with Crippen molar-refractivity contribution in [2.45, 2.75) is 57.5 Å². The minimum Gasteiger partial charge on any atom is -0.390 e. The summed E-state index contributed by atoms with van der Waals surface area (Å²) < 4.78 is 0. The molecule has 2 aliphatic rings. The molecule has 3 heteroatoms. The lowest BCUT2D eigenvalue weighted by atomic mass is 9.95. The number of likely N-dealkylation sites (N-methyl/N-ethyl adjacent to an activating group) is 1. The van der Waals surface area contributed by atoms with Crippen LogP contribution in [0.25, 0.3) is 5.70 Å². The molecule has 0 amide bonds. The second-order valence-electron chi connectivity index (χ2n) is 7.46. The fraction of sp³-hybridized carbons (Fsp3) is 0.500. The van der Waals surface area contributed by atoms with Gasteiger partial charge in [0.1, 0.15) is 6.29 Å². The van der Waals surface area contributed by atoms with Gasteiger partial charge in [0.2, 0.25) is 0 Å². The van der Waals surface area contributed by atoms with Gasteiger partial charge in [0, 0.05) is 37.0 Å². The highest BCUT2D eigenvalue weighted by molar-refractivity contribution is 5.70. The Kier molecular flexibility index (Phi) is 5.62. The van der Waals surface area contributed by atoms with Gasteiger partial charge in [0.25, 0.3) is 0 Å². The Labute approximate surface area is 151 Å². The molecule has 1 saturated carbocycles. The average Bonchev–Trinajstić information content (AvgIpc) is 3.23. The number of rotatable bonds is 8. The van der Waals surface area contributed by atoms with E-state index in [1.807, 2.05) is 7.05 Å². The van der Waals surface area contributed by atoms with Crippen LogP contribution in [0.5, 0.6) is 0 Å². The number of fused-ring (bicyclic) bond motifs is 1. The minimum atomic E-state index is 0.105. The quantitative estimate of drug-likeness (QED) is 0.718. The fourth-order valence-electron chi connectivity index (χ4n) is 4.38. The molecule has 1 aromatic carbocycles. The van der Waals surface area contributed by atoms with Crippen molar-refractivity contribution in [3.8, 4) is 0 Å². The van der Waals surface area contributed by atoms with Crippen LogP contribution in [-0.2, 0) is 17.8 Å². The highest BCUT2D eigenvalue weighted by atomic mass is 16.1. The molecule has 1 atom stereocenters. The number of carbonyl (C=O) groups excluding carboxylic acids is 1. The van der Waals surface area contributed by atoms with Crippen LogP contribution >= 0.6 is 0 Å². The van der Waals surface area contributed by atoms with Crippen molar-refractivity contribution >= 4 is 12.0 Å². The van der Waals surface area contributed by atoms with Gasteiger partial charge in [-0.1, -0.05) is 57.0 Å². The maximum Gasteiger partial charge on any atom is 0.120 e. The van der Waals surface area contributed by atoms with Crippen LogP contribution in [0.15, 0.2) is 37.1 Å². The van der Waals surface area contributed by atoms with E-state index in [1.165, 1.54) is 48.8 Å². The van der Waals surface area contributed by atoms with Crippen molar-refractivity contribution in [2.75, 3.05) is 7.05 Å². The summed E-state index contributed by atoms with van der Waals surface area (Å²) in [7, 11) is 1.89. The lowest BCUT2D eigenvalue weighted by Gasteiger charge is -2.31. The molecule has 1 fully saturated rings. The summed E-state index contributed by atoms with van der Waals surface area (Å²) in [6, 6.07) is 6.99. The zero-order valence-electron chi connectivity index (χ0n) is 15.4. The summed E-state index contributed by atoms with van der Waals surface area (Å²) >= 11 is 0. The SMILES string of the molecule is C=C(NC)C(CCC=O)N1Cc2cc(CC3CCCC3)ccc2C1=C. The Morgan fingerprint density at radius 3 is 2.84 bits per heavy atom. The van der Waals surface area contributed by atoms with Crippen LogP contribution in [0.3, 0.4) is 0 Å². The van der Waals surface area contributed by atoms with Gasteiger partial charge in [-0.15, -0.1) is 0 Å². The molecule has 0 radical (unpaired) electrons. The molecule has 0 aromatic heterocycles. The summed E-state index contributed by atoms with van der Waals surface area (Å²) in [6.45, 7) is 9.33. The Balaban J connectivity index is 1.76. The number of hydrogen-bond donors (Lipinski definition) is 1. The molecular formula is C22H30N2O. The summed E-state index contributed by atoms with van der Waals surface area (Å²) in [5.74, 6) is 0.864. The number of benzene rings is 1. The van der Waals surface area contributed by atoms with Crippen LogP contribution in [-0.4, -0.2) is 24.3 Å². The van der Waals surface area contributed by atoms with Crippen LogP contribution in [0.4, 0.5) is 0 Å². The molecule has 1 heterocycles. The number of aldehydes is 1. The van der Waals surface area contributed by atoms with E-state index in [-0.39, 0.29) is 6.04 Å². The molecule has 1 unspecified atom stereocenters. The van der Waals surface area contributed by atoms with Crippen molar-refractivity contribution in [3.05, 3.63) is 53.7 Å². The van der Waals surface area contributed by atoms with E-state index in [1.54, 1.807) is 0 Å². The van der Waals surface area contributed by atoms with E-state index in [0.717, 1.165) is 36.6 Å². The molecule has 3 nitrogen and oxygen atoms in total. The second kappa shape index (κ2) is 7.90. The van der Waals surface area contributed by atoms with E-state index in [2.05, 4.69) is 41.6 Å². The highest BCUT2D eigenvalue weighted by Gasteiger charge is 2.30. The number of nitrogens with zero attached hydrogens (tertiary/aromatic N) is 1. The molecule has 134 valence electrons. The molecule has 0 spiro atoms. The maximum atomic E-state index is 10.9.